The number of thiazole rings is 1. The Morgan fingerprint density at radius 2 is 2.50 bits per heavy atom. The number of nitrogens with two attached hydrogens (primary N) is 1. The second-order valence-corrected chi connectivity index (χ2v) is 4.15. The number of amides is 1. The van der Waals surface area contributed by atoms with Crippen LogP contribution in [0.3, 0.4) is 0 Å². The minimum Gasteiger partial charge on any atom is -0.354 e. The van der Waals surface area contributed by atoms with Crippen molar-refractivity contribution in [1.29, 1.82) is 0 Å². The quantitative estimate of drug-likeness (QED) is 0.763. The van der Waals surface area contributed by atoms with Crippen LogP contribution in [0.5, 0.6) is 0 Å². The van der Waals surface area contributed by atoms with Crippen molar-refractivity contribution in [2.45, 2.75) is 26.3 Å². The zero-order valence-corrected chi connectivity index (χ0v) is 9.23. The molecule has 4 nitrogen and oxygen atoms in total. The van der Waals surface area contributed by atoms with Crippen molar-refractivity contribution < 1.29 is 4.79 Å². The number of aromatic nitrogens is 1. The molecule has 0 fully saturated rings. The van der Waals surface area contributed by atoms with Gasteiger partial charge in [-0.1, -0.05) is 0 Å². The Labute approximate surface area is 87.5 Å². The molecule has 0 saturated carbocycles. The molecule has 0 bridgehead atoms. The molecule has 1 aromatic rings. The number of carbonyl (C=O) groups excluding carboxylic acids is 1. The van der Waals surface area contributed by atoms with E-state index in [0.29, 0.717) is 6.54 Å². The topological polar surface area (TPSA) is 68.0 Å². The van der Waals surface area contributed by atoms with Gasteiger partial charge in [-0.2, -0.15) is 0 Å². The van der Waals surface area contributed by atoms with E-state index in [2.05, 4.69) is 10.3 Å². The summed E-state index contributed by atoms with van der Waals surface area (Å²) in [7, 11) is 0. The molecule has 0 aliphatic heterocycles. The third-order valence-corrected chi connectivity index (χ3v) is 2.74. The number of aryl methyl sites for hydroxylation is 1. The van der Waals surface area contributed by atoms with Crippen molar-refractivity contribution in [3.63, 3.8) is 0 Å². The van der Waals surface area contributed by atoms with E-state index in [0.717, 1.165) is 17.1 Å². The highest BCUT2D eigenvalue weighted by Crippen LogP contribution is 2.08. The van der Waals surface area contributed by atoms with Gasteiger partial charge in [0.15, 0.2) is 0 Å². The summed E-state index contributed by atoms with van der Waals surface area (Å²) in [5.41, 5.74) is 6.43. The standard InChI is InChI=1S/C9H15N3OS/c1-6-5-14-8(12-6)3-4-11-9(13)7(2)10/h5,7H,3-4,10H2,1-2H3,(H,11,13)/t7-/m1/s1. The summed E-state index contributed by atoms with van der Waals surface area (Å²) < 4.78 is 0. The van der Waals surface area contributed by atoms with Crippen LogP contribution in [0.25, 0.3) is 0 Å². The van der Waals surface area contributed by atoms with E-state index in [1.165, 1.54) is 0 Å². The number of hydrogen-bond acceptors (Lipinski definition) is 4. The molecule has 0 spiro atoms. The maximum atomic E-state index is 11.1. The number of nitrogens with zero attached hydrogens (tertiary/aromatic N) is 1. The Bertz CT molecular complexity index is 309. The number of carbonyl (C=O) groups is 1. The minimum atomic E-state index is -0.437. The van der Waals surface area contributed by atoms with Crippen LogP contribution in [0.1, 0.15) is 17.6 Å². The molecule has 78 valence electrons. The van der Waals surface area contributed by atoms with E-state index in [1.807, 2.05) is 12.3 Å². The predicted octanol–water partition coefficient (Wildman–Crippen LogP) is 0.457. The highest BCUT2D eigenvalue weighted by molar-refractivity contribution is 7.09. The first-order chi connectivity index (χ1) is 6.59. The van der Waals surface area contributed by atoms with Crippen LogP contribution in [-0.2, 0) is 11.2 Å². The van der Waals surface area contributed by atoms with E-state index < -0.39 is 6.04 Å². The van der Waals surface area contributed by atoms with Crippen LogP contribution in [0.2, 0.25) is 0 Å². The van der Waals surface area contributed by atoms with E-state index >= 15 is 0 Å². The van der Waals surface area contributed by atoms with Gasteiger partial charge in [-0.05, 0) is 13.8 Å². The van der Waals surface area contributed by atoms with Gasteiger partial charge in [-0.3, -0.25) is 4.79 Å². The second-order valence-electron chi connectivity index (χ2n) is 3.21. The SMILES string of the molecule is Cc1csc(CCNC(=O)[C@@H](C)N)n1. The van der Waals surface area contributed by atoms with Gasteiger partial charge in [-0.15, -0.1) is 11.3 Å². The number of hydrogen-bond donors (Lipinski definition) is 2. The zero-order valence-electron chi connectivity index (χ0n) is 8.41. The molecule has 0 aliphatic rings. The van der Waals surface area contributed by atoms with Crippen LogP contribution in [0.4, 0.5) is 0 Å². The van der Waals surface area contributed by atoms with Crippen LogP contribution in [0, 0.1) is 6.92 Å². The summed E-state index contributed by atoms with van der Waals surface area (Å²) in [4.78, 5) is 15.4. The monoisotopic (exact) mass is 213 g/mol. The lowest BCUT2D eigenvalue weighted by molar-refractivity contribution is -0.121. The summed E-state index contributed by atoms with van der Waals surface area (Å²) in [5.74, 6) is -0.113. The van der Waals surface area contributed by atoms with Crippen LogP contribution >= 0.6 is 11.3 Å². The highest BCUT2D eigenvalue weighted by atomic mass is 32.1. The van der Waals surface area contributed by atoms with Crippen LogP contribution in [-0.4, -0.2) is 23.5 Å². The molecule has 1 atom stereocenters. The van der Waals surface area contributed by atoms with Gasteiger partial charge >= 0.3 is 0 Å². The smallest absolute Gasteiger partial charge is 0.236 e. The Hall–Kier alpha value is -0.940. The number of nitrogens with one attached hydrogen (secondary N) is 1. The Morgan fingerprint density at radius 1 is 1.79 bits per heavy atom. The largest absolute Gasteiger partial charge is 0.354 e. The molecule has 1 heterocycles. The second kappa shape index (κ2) is 5.07. The van der Waals surface area contributed by atoms with Gasteiger partial charge in [0.2, 0.25) is 5.91 Å². The summed E-state index contributed by atoms with van der Waals surface area (Å²) in [6.07, 6.45) is 0.775. The third-order valence-electron chi connectivity index (χ3n) is 1.72. The number of rotatable bonds is 4. The molecule has 0 aliphatic carbocycles. The summed E-state index contributed by atoms with van der Waals surface area (Å²) in [6.45, 7) is 4.23. The Balaban J connectivity index is 2.25. The predicted molar refractivity (Wildman–Crippen MR) is 57.2 cm³/mol. The fourth-order valence-electron chi connectivity index (χ4n) is 0.971. The zero-order chi connectivity index (χ0) is 10.6. The highest BCUT2D eigenvalue weighted by Gasteiger charge is 2.06. The first-order valence-corrected chi connectivity index (χ1v) is 5.42. The lowest BCUT2D eigenvalue weighted by Gasteiger charge is -2.05. The molecule has 14 heavy (non-hydrogen) atoms. The van der Waals surface area contributed by atoms with Crippen LogP contribution in [0.15, 0.2) is 5.38 Å². The first-order valence-electron chi connectivity index (χ1n) is 4.54. The van der Waals surface area contributed by atoms with E-state index in [9.17, 15) is 4.79 Å². The lowest BCUT2D eigenvalue weighted by atomic mass is 10.3. The van der Waals surface area contributed by atoms with Gasteiger partial charge in [0.25, 0.3) is 0 Å². The molecule has 5 heteroatoms. The van der Waals surface area contributed by atoms with Crippen molar-refractivity contribution in [2.24, 2.45) is 5.73 Å². The van der Waals surface area contributed by atoms with Gasteiger partial charge in [-0.25, -0.2) is 4.98 Å². The first kappa shape index (κ1) is 11.1. The molecule has 3 N–H and O–H groups in total. The van der Waals surface area contributed by atoms with Crippen molar-refractivity contribution in [3.8, 4) is 0 Å². The summed E-state index contributed by atoms with van der Waals surface area (Å²) in [5, 5.41) is 5.79. The molecule has 0 unspecified atom stereocenters. The average Bonchev–Trinajstić information content (AvgIpc) is 2.51. The van der Waals surface area contributed by atoms with Gasteiger partial charge < -0.3 is 11.1 Å². The Kier molecular flexibility index (Phi) is 4.03. The maximum absolute atomic E-state index is 11.1. The molecule has 0 aromatic carbocycles. The summed E-state index contributed by atoms with van der Waals surface area (Å²) in [6, 6.07) is -0.437. The fraction of sp³-hybridized carbons (Fsp3) is 0.556. The third kappa shape index (κ3) is 3.43. The van der Waals surface area contributed by atoms with Crippen molar-refractivity contribution in [1.82, 2.24) is 10.3 Å². The maximum Gasteiger partial charge on any atom is 0.236 e. The van der Waals surface area contributed by atoms with Crippen molar-refractivity contribution in [2.75, 3.05) is 6.54 Å². The molecular formula is C9H15N3OS. The molecule has 1 aromatic heterocycles. The van der Waals surface area contributed by atoms with Crippen molar-refractivity contribution in [3.05, 3.63) is 16.1 Å². The van der Waals surface area contributed by atoms with Gasteiger partial charge in [0.05, 0.1) is 11.0 Å². The van der Waals surface area contributed by atoms with E-state index in [-0.39, 0.29) is 5.91 Å². The minimum absolute atomic E-state index is 0.113. The van der Waals surface area contributed by atoms with Crippen LogP contribution < -0.4 is 11.1 Å². The molecule has 0 saturated heterocycles. The summed E-state index contributed by atoms with van der Waals surface area (Å²) >= 11 is 1.62. The Morgan fingerprint density at radius 3 is 3.00 bits per heavy atom. The molecular weight excluding hydrogens is 198 g/mol. The molecule has 1 rings (SSSR count). The van der Waals surface area contributed by atoms with E-state index in [1.54, 1.807) is 18.3 Å². The fourth-order valence-corrected chi connectivity index (χ4v) is 1.75. The van der Waals surface area contributed by atoms with Gasteiger partial charge in [0.1, 0.15) is 0 Å². The normalized spacial score (nSPS) is 12.5. The average molecular weight is 213 g/mol. The van der Waals surface area contributed by atoms with Gasteiger partial charge in [0, 0.05) is 24.0 Å². The van der Waals surface area contributed by atoms with E-state index in [4.69, 9.17) is 5.73 Å². The molecule has 1 amide bonds. The lowest BCUT2D eigenvalue weighted by Crippen LogP contribution is -2.39. The van der Waals surface area contributed by atoms with Crippen molar-refractivity contribution >= 4 is 17.2 Å². The molecule has 0 radical (unpaired) electrons.